The lowest BCUT2D eigenvalue weighted by atomic mass is 9.92. The summed E-state index contributed by atoms with van der Waals surface area (Å²) >= 11 is 0. The molecule has 4 rings (SSSR count). The van der Waals surface area contributed by atoms with Gasteiger partial charge in [0.15, 0.2) is 11.5 Å². The monoisotopic (exact) mass is 500 g/mol. The molecule has 0 aliphatic carbocycles. The van der Waals surface area contributed by atoms with Crippen LogP contribution in [0.4, 0.5) is 5.69 Å². The van der Waals surface area contributed by atoms with E-state index in [0.717, 1.165) is 30.5 Å². The minimum Gasteiger partial charge on any atom is -0.493 e. The zero-order valence-electron chi connectivity index (χ0n) is 21.6. The predicted molar refractivity (Wildman–Crippen MR) is 148 cm³/mol. The van der Waals surface area contributed by atoms with E-state index in [0.29, 0.717) is 37.0 Å². The smallest absolute Gasteiger partial charge is 0.227 e. The topological polar surface area (TPSA) is 89.2 Å². The van der Waals surface area contributed by atoms with Gasteiger partial charge in [0.25, 0.3) is 0 Å². The Labute approximate surface area is 219 Å². The number of para-hydroxylation sites is 2. The highest BCUT2D eigenvalue weighted by Gasteiger charge is 2.33. The number of nitrogens with one attached hydrogen (secondary N) is 1. The fraction of sp³-hybridized carbons (Fsp3) is 0.333. The molecular formula is C30H36N4O3. The van der Waals surface area contributed by atoms with E-state index in [-0.39, 0.29) is 17.9 Å². The lowest BCUT2D eigenvalue weighted by Crippen LogP contribution is -2.44. The van der Waals surface area contributed by atoms with Crippen molar-refractivity contribution >= 4 is 17.4 Å². The summed E-state index contributed by atoms with van der Waals surface area (Å²) in [7, 11) is 3.27. The van der Waals surface area contributed by atoms with Crippen LogP contribution in [0.5, 0.6) is 11.5 Å². The molecule has 0 bridgehead atoms. The molecule has 3 aromatic rings. The zero-order chi connectivity index (χ0) is 26.0. The molecule has 1 unspecified atom stereocenters. The first-order valence-electron chi connectivity index (χ1n) is 12.7. The molecule has 0 spiro atoms. The number of ether oxygens (including phenoxy) is 2. The first-order chi connectivity index (χ1) is 18.1. The third kappa shape index (κ3) is 6.68. The fourth-order valence-corrected chi connectivity index (χ4v) is 4.90. The molecule has 0 radical (unpaired) electrons. The summed E-state index contributed by atoms with van der Waals surface area (Å²) in [5.41, 5.74) is 9.65. The SMILES string of the molecule is COc1cccc(C(C(N)=NCCc2ccccc2)N2CCC(C(=O)Nc3ccccc3)CC2)c1OC. The number of hydrogen-bond acceptors (Lipinski definition) is 5. The Morgan fingerprint density at radius 2 is 1.65 bits per heavy atom. The molecule has 7 nitrogen and oxygen atoms in total. The largest absolute Gasteiger partial charge is 0.493 e. The highest BCUT2D eigenvalue weighted by atomic mass is 16.5. The number of carbonyl (C=O) groups excluding carboxylic acids is 1. The number of amidine groups is 1. The van der Waals surface area contributed by atoms with Crippen molar-refractivity contribution in [2.75, 3.05) is 39.2 Å². The van der Waals surface area contributed by atoms with Crippen molar-refractivity contribution in [3.63, 3.8) is 0 Å². The van der Waals surface area contributed by atoms with Crippen molar-refractivity contribution in [1.29, 1.82) is 0 Å². The summed E-state index contributed by atoms with van der Waals surface area (Å²) in [6.07, 6.45) is 2.28. The van der Waals surface area contributed by atoms with Gasteiger partial charge in [-0.1, -0.05) is 60.7 Å². The highest BCUT2D eigenvalue weighted by molar-refractivity contribution is 5.92. The van der Waals surface area contributed by atoms with E-state index in [1.807, 2.05) is 66.7 Å². The molecule has 194 valence electrons. The quantitative estimate of drug-likeness (QED) is 0.311. The number of rotatable bonds is 10. The summed E-state index contributed by atoms with van der Waals surface area (Å²) in [6, 6.07) is 25.4. The van der Waals surface area contributed by atoms with Gasteiger partial charge in [-0.3, -0.25) is 14.7 Å². The van der Waals surface area contributed by atoms with Crippen molar-refractivity contribution in [2.45, 2.75) is 25.3 Å². The normalized spacial score (nSPS) is 15.7. The Kier molecular flexibility index (Phi) is 9.16. The average Bonchev–Trinajstić information content (AvgIpc) is 2.94. The van der Waals surface area contributed by atoms with E-state index in [1.165, 1.54) is 5.56 Å². The van der Waals surface area contributed by atoms with E-state index in [4.69, 9.17) is 20.2 Å². The summed E-state index contributed by atoms with van der Waals surface area (Å²) in [5, 5.41) is 3.04. The molecule has 0 saturated carbocycles. The highest BCUT2D eigenvalue weighted by Crippen LogP contribution is 2.38. The molecule has 37 heavy (non-hydrogen) atoms. The molecule has 1 fully saturated rings. The molecule has 7 heteroatoms. The van der Waals surface area contributed by atoms with Gasteiger partial charge in [0.2, 0.25) is 5.91 Å². The van der Waals surface area contributed by atoms with Crippen LogP contribution in [0.25, 0.3) is 0 Å². The number of nitrogens with two attached hydrogens (primary N) is 1. The van der Waals surface area contributed by atoms with E-state index in [9.17, 15) is 4.79 Å². The number of hydrogen-bond donors (Lipinski definition) is 2. The number of amides is 1. The second-order valence-electron chi connectivity index (χ2n) is 9.19. The Hall–Kier alpha value is -3.84. The number of likely N-dealkylation sites (tertiary alicyclic amines) is 1. The maximum absolute atomic E-state index is 12.9. The molecule has 1 atom stereocenters. The number of piperidine rings is 1. The molecule has 0 aromatic heterocycles. The van der Waals surface area contributed by atoms with Crippen LogP contribution in [-0.4, -0.2) is 50.5 Å². The van der Waals surface area contributed by atoms with Gasteiger partial charge in [0, 0.05) is 23.7 Å². The van der Waals surface area contributed by atoms with Gasteiger partial charge in [-0.25, -0.2) is 0 Å². The number of anilines is 1. The molecule has 3 N–H and O–H groups in total. The van der Waals surface area contributed by atoms with Gasteiger partial charge in [-0.15, -0.1) is 0 Å². The van der Waals surface area contributed by atoms with Crippen LogP contribution in [0.2, 0.25) is 0 Å². The first-order valence-corrected chi connectivity index (χ1v) is 12.7. The summed E-state index contributed by atoms with van der Waals surface area (Å²) < 4.78 is 11.3. The second-order valence-corrected chi connectivity index (χ2v) is 9.19. The summed E-state index contributed by atoms with van der Waals surface area (Å²) in [6.45, 7) is 2.02. The number of methoxy groups -OCH3 is 2. The van der Waals surface area contributed by atoms with E-state index in [1.54, 1.807) is 14.2 Å². The zero-order valence-corrected chi connectivity index (χ0v) is 21.6. The van der Waals surface area contributed by atoms with Crippen LogP contribution in [0, 0.1) is 5.92 Å². The lowest BCUT2D eigenvalue weighted by Gasteiger charge is -2.37. The number of carbonyl (C=O) groups is 1. The van der Waals surface area contributed by atoms with Crippen LogP contribution in [-0.2, 0) is 11.2 Å². The van der Waals surface area contributed by atoms with Gasteiger partial charge >= 0.3 is 0 Å². The third-order valence-corrected chi connectivity index (χ3v) is 6.85. The molecule has 1 saturated heterocycles. The van der Waals surface area contributed by atoms with E-state index in [2.05, 4.69) is 22.3 Å². The van der Waals surface area contributed by atoms with Crippen molar-refractivity contribution in [3.8, 4) is 11.5 Å². The average molecular weight is 501 g/mol. The van der Waals surface area contributed by atoms with Crippen LogP contribution in [0.3, 0.4) is 0 Å². The Morgan fingerprint density at radius 3 is 2.30 bits per heavy atom. The Bertz CT molecular complexity index is 1180. The van der Waals surface area contributed by atoms with Crippen molar-refractivity contribution in [3.05, 3.63) is 90.0 Å². The van der Waals surface area contributed by atoms with Crippen molar-refractivity contribution < 1.29 is 14.3 Å². The van der Waals surface area contributed by atoms with Crippen LogP contribution in [0.15, 0.2) is 83.9 Å². The molecule has 1 aliphatic rings. The van der Waals surface area contributed by atoms with Gasteiger partial charge in [0.05, 0.1) is 20.3 Å². The number of nitrogens with zero attached hydrogens (tertiary/aromatic N) is 2. The Morgan fingerprint density at radius 1 is 0.973 bits per heavy atom. The van der Waals surface area contributed by atoms with Crippen molar-refractivity contribution in [1.82, 2.24) is 4.90 Å². The van der Waals surface area contributed by atoms with Crippen LogP contribution in [0.1, 0.15) is 30.0 Å². The maximum Gasteiger partial charge on any atom is 0.227 e. The van der Waals surface area contributed by atoms with Gasteiger partial charge < -0.3 is 20.5 Å². The van der Waals surface area contributed by atoms with Gasteiger partial charge in [-0.2, -0.15) is 0 Å². The van der Waals surface area contributed by atoms with Crippen LogP contribution < -0.4 is 20.5 Å². The molecule has 1 heterocycles. The molecular weight excluding hydrogens is 464 g/mol. The Balaban J connectivity index is 1.52. The first kappa shape index (κ1) is 26.2. The fourth-order valence-electron chi connectivity index (χ4n) is 4.90. The standard InChI is InChI=1S/C30H36N4O3/c1-36-26-15-9-14-25(28(26)37-2)27(29(31)32-19-16-22-10-5-3-6-11-22)34-20-17-23(18-21-34)30(35)33-24-12-7-4-8-13-24/h3-15,23,27H,16-21H2,1-2H3,(H2,31,32)(H,33,35). The number of aliphatic imine (C=N–C) groups is 1. The maximum atomic E-state index is 12.9. The third-order valence-electron chi connectivity index (χ3n) is 6.85. The van der Waals surface area contributed by atoms with Gasteiger partial charge in [-0.05, 0) is 56.1 Å². The summed E-state index contributed by atoms with van der Waals surface area (Å²) in [4.78, 5) is 20.0. The van der Waals surface area contributed by atoms with Crippen LogP contribution >= 0.6 is 0 Å². The van der Waals surface area contributed by atoms with Gasteiger partial charge in [0.1, 0.15) is 5.84 Å². The predicted octanol–water partition coefficient (Wildman–Crippen LogP) is 4.70. The van der Waals surface area contributed by atoms with Crippen molar-refractivity contribution in [2.24, 2.45) is 16.6 Å². The minimum atomic E-state index is -0.279. The second kappa shape index (κ2) is 12.9. The summed E-state index contributed by atoms with van der Waals surface area (Å²) in [5.74, 6) is 1.85. The number of benzene rings is 3. The molecule has 1 amide bonds. The van der Waals surface area contributed by atoms with E-state index >= 15 is 0 Å². The minimum absolute atomic E-state index is 0.0550. The molecule has 3 aromatic carbocycles. The van der Waals surface area contributed by atoms with E-state index < -0.39 is 0 Å². The molecule has 1 aliphatic heterocycles. The lowest BCUT2D eigenvalue weighted by molar-refractivity contribution is -0.121.